The number of benzene rings is 1. The average molecular weight is 273 g/mol. The number of ketones is 1. The van der Waals surface area contributed by atoms with Crippen molar-refractivity contribution >= 4 is 11.4 Å². The molecule has 0 atom stereocenters. The Balaban J connectivity index is 3.20. The molecule has 0 fully saturated rings. The lowest BCUT2D eigenvalue weighted by atomic mass is 9.94. The molecule has 0 amide bonds. The van der Waals surface area contributed by atoms with E-state index in [-0.39, 0.29) is 5.78 Å². The van der Waals surface area contributed by atoms with Gasteiger partial charge in [-0.2, -0.15) is 0 Å². The van der Waals surface area contributed by atoms with Crippen molar-refractivity contribution in [1.29, 1.82) is 0 Å². The van der Waals surface area contributed by atoms with Crippen LogP contribution < -0.4 is 5.32 Å². The molecule has 20 heavy (non-hydrogen) atoms. The molecule has 2 heteroatoms. The topological polar surface area (TPSA) is 29.1 Å². The second kappa shape index (κ2) is 7.28. The van der Waals surface area contributed by atoms with Crippen molar-refractivity contribution < 1.29 is 4.79 Å². The highest BCUT2D eigenvalue weighted by molar-refractivity contribution is 6.02. The number of nitrogens with one attached hydrogen (secondary N) is 1. The van der Waals surface area contributed by atoms with Crippen LogP contribution in [0.25, 0.3) is 5.57 Å². The molecule has 0 spiro atoms. The minimum absolute atomic E-state index is 0.193. The summed E-state index contributed by atoms with van der Waals surface area (Å²) in [6.07, 6.45) is 1.62. The summed E-state index contributed by atoms with van der Waals surface area (Å²) >= 11 is 0. The van der Waals surface area contributed by atoms with Crippen LogP contribution in [0.2, 0.25) is 0 Å². The molecule has 1 rings (SSSR count). The molecule has 0 aromatic heterocycles. The van der Waals surface area contributed by atoms with E-state index in [2.05, 4.69) is 51.2 Å². The Morgan fingerprint density at radius 2 is 1.95 bits per heavy atom. The van der Waals surface area contributed by atoms with Crippen LogP contribution in [0.15, 0.2) is 23.9 Å². The predicted molar refractivity (Wildman–Crippen MR) is 86.7 cm³/mol. The number of carbonyl (C=O) groups excluding carboxylic acids is 1. The molecule has 0 aliphatic carbocycles. The normalized spacial score (nSPS) is 12.3. The molecule has 0 heterocycles. The van der Waals surface area contributed by atoms with Gasteiger partial charge in [-0.1, -0.05) is 39.0 Å². The van der Waals surface area contributed by atoms with E-state index in [1.807, 2.05) is 14.0 Å². The first-order chi connectivity index (χ1) is 9.40. The van der Waals surface area contributed by atoms with Gasteiger partial charge in [-0.05, 0) is 48.4 Å². The summed E-state index contributed by atoms with van der Waals surface area (Å²) in [6.45, 7) is 10.4. The van der Waals surface area contributed by atoms with Crippen molar-refractivity contribution in [2.75, 3.05) is 7.05 Å². The number of aryl methyl sites for hydroxylation is 2. The van der Waals surface area contributed by atoms with Crippen LogP contribution in [0.3, 0.4) is 0 Å². The standard InChI is InChI=1S/C18H27NO/c1-7-15-8-9-16(13(4)11-15)14(5)18(19-6)17(20)10-12(2)3/h8-9,11-12,19H,7,10H2,1-6H3/b18-14-. The molecule has 1 N–H and O–H groups in total. The monoisotopic (exact) mass is 273 g/mol. The maximum absolute atomic E-state index is 12.3. The third kappa shape index (κ3) is 3.96. The van der Waals surface area contributed by atoms with Gasteiger partial charge >= 0.3 is 0 Å². The molecule has 0 aliphatic heterocycles. The van der Waals surface area contributed by atoms with Crippen LogP contribution in [0.4, 0.5) is 0 Å². The van der Waals surface area contributed by atoms with Crippen LogP contribution >= 0.6 is 0 Å². The van der Waals surface area contributed by atoms with Crippen molar-refractivity contribution in [2.24, 2.45) is 5.92 Å². The second-order valence-corrected chi connectivity index (χ2v) is 5.77. The van der Waals surface area contributed by atoms with Gasteiger partial charge in [-0.25, -0.2) is 0 Å². The average Bonchev–Trinajstić information content (AvgIpc) is 2.38. The molecule has 0 aliphatic rings. The van der Waals surface area contributed by atoms with Gasteiger partial charge in [0.1, 0.15) is 0 Å². The van der Waals surface area contributed by atoms with Gasteiger partial charge in [-0.3, -0.25) is 4.79 Å². The molecule has 0 bridgehead atoms. The van der Waals surface area contributed by atoms with Gasteiger partial charge in [0.25, 0.3) is 0 Å². The number of Topliss-reactive ketones (excluding diaryl/α,β-unsaturated/α-hetero) is 1. The summed E-state index contributed by atoms with van der Waals surface area (Å²) in [5.74, 6) is 0.571. The van der Waals surface area contributed by atoms with E-state index in [0.717, 1.165) is 23.3 Å². The van der Waals surface area contributed by atoms with E-state index in [9.17, 15) is 4.79 Å². The zero-order valence-corrected chi connectivity index (χ0v) is 13.6. The Kier molecular flexibility index (Phi) is 6.00. The predicted octanol–water partition coefficient (Wildman–Crippen LogP) is 4.12. The van der Waals surface area contributed by atoms with Crippen molar-refractivity contribution in [3.8, 4) is 0 Å². The first kappa shape index (κ1) is 16.5. The Bertz CT molecular complexity index is 512. The highest BCUT2D eigenvalue weighted by atomic mass is 16.1. The number of hydrogen-bond donors (Lipinski definition) is 1. The molecule has 0 radical (unpaired) electrons. The maximum Gasteiger partial charge on any atom is 0.179 e. The second-order valence-electron chi connectivity index (χ2n) is 5.77. The minimum Gasteiger partial charge on any atom is -0.385 e. The third-order valence-electron chi connectivity index (χ3n) is 3.60. The molecular weight excluding hydrogens is 246 g/mol. The fourth-order valence-corrected chi connectivity index (χ4v) is 2.51. The largest absolute Gasteiger partial charge is 0.385 e. The van der Waals surface area contributed by atoms with Crippen LogP contribution in [0, 0.1) is 12.8 Å². The smallest absolute Gasteiger partial charge is 0.179 e. The Labute approximate surface area is 123 Å². The quantitative estimate of drug-likeness (QED) is 0.790. The van der Waals surface area contributed by atoms with Crippen molar-refractivity contribution in [2.45, 2.75) is 47.5 Å². The van der Waals surface area contributed by atoms with Crippen LogP contribution in [-0.4, -0.2) is 12.8 Å². The molecule has 1 aromatic carbocycles. The molecule has 0 saturated carbocycles. The summed E-state index contributed by atoms with van der Waals surface area (Å²) in [6, 6.07) is 6.48. The van der Waals surface area contributed by atoms with Crippen molar-refractivity contribution in [3.05, 3.63) is 40.6 Å². The van der Waals surface area contributed by atoms with Crippen molar-refractivity contribution in [1.82, 2.24) is 5.32 Å². The van der Waals surface area contributed by atoms with Crippen LogP contribution in [-0.2, 0) is 11.2 Å². The van der Waals surface area contributed by atoms with Gasteiger partial charge in [0.15, 0.2) is 5.78 Å². The molecule has 0 saturated heterocycles. The van der Waals surface area contributed by atoms with E-state index in [1.165, 1.54) is 11.1 Å². The van der Waals surface area contributed by atoms with Gasteiger partial charge in [0, 0.05) is 13.5 Å². The zero-order valence-electron chi connectivity index (χ0n) is 13.6. The third-order valence-corrected chi connectivity index (χ3v) is 3.60. The summed E-state index contributed by atoms with van der Waals surface area (Å²) < 4.78 is 0. The van der Waals surface area contributed by atoms with Crippen LogP contribution in [0.1, 0.15) is 50.8 Å². The number of likely N-dealkylation sites (N-methyl/N-ethyl adjacent to an activating group) is 1. The van der Waals surface area contributed by atoms with Gasteiger partial charge in [-0.15, -0.1) is 0 Å². The molecule has 0 unspecified atom stereocenters. The maximum atomic E-state index is 12.3. The highest BCUT2D eigenvalue weighted by Crippen LogP contribution is 2.23. The molecule has 2 nitrogen and oxygen atoms in total. The summed E-state index contributed by atoms with van der Waals surface area (Å²) in [5, 5.41) is 3.09. The Morgan fingerprint density at radius 1 is 1.30 bits per heavy atom. The molecule has 110 valence electrons. The molecule has 1 aromatic rings. The SMILES string of the molecule is CCc1ccc(/C(C)=C(\NC)C(=O)CC(C)C)c(C)c1. The first-order valence-corrected chi connectivity index (χ1v) is 7.42. The lowest BCUT2D eigenvalue weighted by Crippen LogP contribution is -2.19. The Morgan fingerprint density at radius 3 is 2.40 bits per heavy atom. The summed E-state index contributed by atoms with van der Waals surface area (Å²) in [7, 11) is 1.83. The van der Waals surface area contributed by atoms with Crippen molar-refractivity contribution in [3.63, 3.8) is 0 Å². The van der Waals surface area contributed by atoms with E-state index in [0.29, 0.717) is 12.3 Å². The van der Waals surface area contributed by atoms with Gasteiger partial charge < -0.3 is 5.32 Å². The fourth-order valence-electron chi connectivity index (χ4n) is 2.51. The van der Waals surface area contributed by atoms with E-state index in [4.69, 9.17) is 0 Å². The number of carbonyl (C=O) groups is 1. The summed E-state index contributed by atoms with van der Waals surface area (Å²) in [4.78, 5) is 12.3. The number of rotatable bonds is 6. The molecular formula is C18H27NO. The van der Waals surface area contributed by atoms with E-state index >= 15 is 0 Å². The van der Waals surface area contributed by atoms with E-state index < -0.39 is 0 Å². The lowest BCUT2D eigenvalue weighted by molar-refractivity contribution is -0.116. The number of allylic oxidation sites excluding steroid dienone is 2. The van der Waals surface area contributed by atoms with Crippen LogP contribution in [0.5, 0.6) is 0 Å². The first-order valence-electron chi connectivity index (χ1n) is 7.42. The lowest BCUT2D eigenvalue weighted by Gasteiger charge is -2.15. The Hall–Kier alpha value is -1.57. The zero-order chi connectivity index (χ0) is 15.3. The van der Waals surface area contributed by atoms with Gasteiger partial charge in [0.05, 0.1) is 5.70 Å². The highest BCUT2D eigenvalue weighted by Gasteiger charge is 2.15. The fraction of sp³-hybridized carbons (Fsp3) is 0.500. The number of hydrogen-bond acceptors (Lipinski definition) is 2. The van der Waals surface area contributed by atoms with E-state index in [1.54, 1.807) is 0 Å². The summed E-state index contributed by atoms with van der Waals surface area (Å²) in [5.41, 5.74) is 5.50. The van der Waals surface area contributed by atoms with Gasteiger partial charge in [0.2, 0.25) is 0 Å². The minimum atomic E-state index is 0.193.